The van der Waals surface area contributed by atoms with E-state index in [-0.39, 0.29) is 22.3 Å². The van der Waals surface area contributed by atoms with Crippen molar-refractivity contribution < 1.29 is 13.2 Å². The Hall–Kier alpha value is 0.160. The van der Waals surface area contributed by atoms with Crippen molar-refractivity contribution in [3.8, 4) is 0 Å². The minimum Gasteiger partial charge on any atom is -0.166 e. The second kappa shape index (κ2) is 24.9. The zero-order chi connectivity index (χ0) is 26.5. The van der Waals surface area contributed by atoms with E-state index in [1.165, 1.54) is 146 Å². The summed E-state index contributed by atoms with van der Waals surface area (Å²) in [5, 5.41) is 0. The average Bonchev–Trinajstić information content (AvgIpc) is 2.85. The summed E-state index contributed by atoms with van der Waals surface area (Å²) in [5.41, 5.74) is 0.456. The minimum absolute atomic E-state index is 0. The predicted octanol–water partition coefficient (Wildman–Crippen LogP) is 12.8. The Labute approximate surface area is 244 Å². The van der Waals surface area contributed by atoms with Gasteiger partial charge in [-0.2, -0.15) is 23.1 Å². The van der Waals surface area contributed by atoms with Crippen LogP contribution in [-0.4, -0.2) is 18.5 Å². The second-order valence-electron chi connectivity index (χ2n) is 11.2. The lowest BCUT2D eigenvalue weighted by Crippen LogP contribution is -2.13. The van der Waals surface area contributed by atoms with Crippen molar-refractivity contribution in [2.75, 3.05) is 18.5 Å². The normalized spacial score (nSPS) is 11.7. The van der Waals surface area contributed by atoms with Gasteiger partial charge in [-0.3, -0.25) is 0 Å². The summed E-state index contributed by atoms with van der Waals surface area (Å²) in [4.78, 5) is 0. The molecular formula is C32H61ClF3P2+. The van der Waals surface area contributed by atoms with Crippen molar-refractivity contribution in [1.29, 1.82) is 0 Å². The van der Waals surface area contributed by atoms with Crippen molar-refractivity contribution in [3.05, 3.63) is 35.4 Å². The molecule has 0 radical (unpaired) electrons. The van der Waals surface area contributed by atoms with Crippen molar-refractivity contribution in [2.24, 2.45) is 0 Å². The van der Waals surface area contributed by atoms with Crippen molar-refractivity contribution in [1.82, 2.24) is 0 Å². The molecule has 0 amide bonds. The fourth-order valence-electron chi connectivity index (χ4n) is 5.49. The average molecular weight is 600 g/mol. The van der Waals surface area contributed by atoms with E-state index in [4.69, 9.17) is 0 Å². The van der Waals surface area contributed by atoms with Crippen molar-refractivity contribution in [3.63, 3.8) is 0 Å². The smallest absolute Gasteiger partial charge is 0.166 e. The van der Waals surface area contributed by atoms with Crippen LogP contribution < -0.4 is 0 Å². The van der Waals surface area contributed by atoms with Gasteiger partial charge in [0.25, 0.3) is 0 Å². The third-order valence-corrected chi connectivity index (χ3v) is 12.6. The molecule has 1 unspecified atom stereocenters. The van der Waals surface area contributed by atoms with Crippen LogP contribution in [-0.2, 0) is 12.3 Å². The highest BCUT2D eigenvalue weighted by Crippen LogP contribution is 2.63. The van der Waals surface area contributed by atoms with Crippen LogP contribution >= 0.6 is 29.6 Å². The lowest BCUT2D eigenvalue weighted by atomic mass is 10.1. The number of halogens is 4. The monoisotopic (exact) mass is 599 g/mol. The number of hydrogen-bond acceptors (Lipinski definition) is 0. The van der Waals surface area contributed by atoms with Gasteiger partial charge >= 0.3 is 6.18 Å². The van der Waals surface area contributed by atoms with E-state index in [1.54, 1.807) is 6.07 Å². The molecule has 6 heteroatoms. The Balaban J connectivity index is 0. The first-order chi connectivity index (χ1) is 17.4. The summed E-state index contributed by atoms with van der Waals surface area (Å²) < 4.78 is 40.4. The van der Waals surface area contributed by atoms with Gasteiger partial charge in [0.15, 0.2) is 0 Å². The van der Waals surface area contributed by atoms with E-state index in [0.29, 0.717) is 0 Å². The van der Waals surface area contributed by atoms with Crippen LogP contribution in [0.3, 0.4) is 0 Å². The standard InChI is InChI=1S/C32H57F3P.ClH.H3P/c1-4-7-10-13-16-19-25-36(26-20-17-14-11-8-5-2,27-21-18-15-12-9-6-3)29-30-23-22-24-31(28-30)32(33,34)35;;/h22-24,28H,4-21,25-27,29H2,1-3H3;1H;1H3/q+1;;. The number of alkyl halides is 3. The van der Waals surface area contributed by atoms with E-state index in [0.717, 1.165) is 11.7 Å². The summed E-state index contributed by atoms with van der Waals surface area (Å²) in [5.74, 6) is 0. The first-order valence-corrected chi connectivity index (χ1v) is 17.9. The van der Waals surface area contributed by atoms with Gasteiger partial charge in [0.1, 0.15) is 0 Å². The van der Waals surface area contributed by atoms with E-state index in [9.17, 15) is 13.2 Å². The van der Waals surface area contributed by atoms with Crippen LogP contribution in [0.25, 0.3) is 0 Å². The quantitative estimate of drug-likeness (QED) is 0.0866. The van der Waals surface area contributed by atoms with Crippen LogP contribution in [0.4, 0.5) is 13.2 Å². The third kappa shape index (κ3) is 19.3. The largest absolute Gasteiger partial charge is 0.416 e. The highest BCUT2D eigenvalue weighted by atomic mass is 35.5. The Kier molecular flexibility index (Phi) is 26.4. The molecule has 0 bridgehead atoms. The Morgan fingerprint density at radius 2 is 0.947 bits per heavy atom. The third-order valence-electron chi connectivity index (χ3n) is 7.73. The molecule has 0 aliphatic rings. The van der Waals surface area contributed by atoms with E-state index < -0.39 is 19.0 Å². The molecule has 0 N–H and O–H groups in total. The Morgan fingerprint density at radius 1 is 0.579 bits per heavy atom. The van der Waals surface area contributed by atoms with Gasteiger partial charge in [0.2, 0.25) is 0 Å². The number of unbranched alkanes of at least 4 members (excludes halogenated alkanes) is 15. The maximum atomic E-state index is 13.5. The highest BCUT2D eigenvalue weighted by molar-refractivity contribution is 7.75. The first-order valence-electron chi connectivity index (χ1n) is 15.4. The molecule has 0 saturated carbocycles. The fraction of sp³-hybridized carbons (Fsp3) is 0.812. The molecule has 0 aliphatic heterocycles. The number of rotatable bonds is 23. The Morgan fingerprint density at radius 3 is 1.32 bits per heavy atom. The lowest BCUT2D eigenvalue weighted by molar-refractivity contribution is -0.137. The summed E-state index contributed by atoms with van der Waals surface area (Å²) in [6, 6.07) is 6.29. The summed E-state index contributed by atoms with van der Waals surface area (Å²) in [6.45, 7) is 6.77. The molecule has 0 aliphatic carbocycles. The molecule has 1 atom stereocenters. The van der Waals surface area contributed by atoms with Crippen LogP contribution in [0, 0.1) is 0 Å². The van der Waals surface area contributed by atoms with E-state index in [1.807, 2.05) is 6.07 Å². The van der Waals surface area contributed by atoms with Crippen LogP contribution in [0.2, 0.25) is 0 Å². The molecule has 0 heterocycles. The van der Waals surface area contributed by atoms with E-state index in [2.05, 4.69) is 20.8 Å². The van der Waals surface area contributed by atoms with Gasteiger partial charge in [0.05, 0.1) is 30.2 Å². The molecule has 0 fully saturated rings. The fourth-order valence-corrected chi connectivity index (χ4v) is 10.3. The maximum Gasteiger partial charge on any atom is 0.416 e. The van der Waals surface area contributed by atoms with Crippen LogP contribution in [0.1, 0.15) is 147 Å². The SMILES string of the molecule is CCCCCCCC[P+](CCCCCCCC)(CCCCCCCC)Cc1cccc(C(F)(F)F)c1.Cl.P. The van der Waals surface area contributed by atoms with Gasteiger partial charge in [-0.15, -0.1) is 12.4 Å². The van der Waals surface area contributed by atoms with Gasteiger partial charge in [-0.1, -0.05) is 110 Å². The summed E-state index contributed by atoms with van der Waals surface area (Å²) >= 11 is 0. The summed E-state index contributed by atoms with van der Waals surface area (Å²) in [6.07, 6.45) is 23.8. The molecular weight excluding hydrogens is 539 g/mol. The molecule has 38 heavy (non-hydrogen) atoms. The second-order valence-corrected chi connectivity index (χ2v) is 15.5. The molecule has 0 aromatic heterocycles. The van der Waals surface area contributed by atoms with Crippen molar-refractivity contribution in [2.45, 2.75) is 149 Å². The molecule has 0 nitrogen and oxygen atoms in total. The molecule has 1 aromatic rings. The topological polar surface area (TPSA) is 0 Å². The van der Waals surface area contributed by atoms with Crippen LogP contribution in [0.15, 0.2) is 24.3 Å². The maximum absolute atomic E-state index is 13.5. The predicted molar refractivity (Wildman–Crippen MR) is 175 cm³/mol. The molecule has 0 saturated heterocycles. The Bertz CT molecular complexity index is 611. The van der Waals surface area contributed by atoms with Gasteiger partial charge in [0, 0.05) is 7.26 Å². The zero-order valence-electron chi connectivity index (χ0n) is 25.1. The summed E-state index contributed by atoms with van der Waals surface area (Å²) in [7, 11) is -1.32. The van der Waals surface area contributed by atoms with Gasteiger partial charge in [-0.05, 0) is 56.2 Å². The molecule has 0 spiro atoms. The van der Waals surface area contributed by atoms with Crippen LogP contribution in [0.5, 0.6) is 0 Å². The lowest BCUT2D eigenvalue weighted by Gasteiger charge is -2.29. The molecule has 1 rings (SSSR count). The van der Waals surface area contributed by atoms with E-state index >= 15 is 0 Å². The number of hydrogen-bond donors (Lipinski definition) is 0. The first kappa shape index (κ1) is 40.3. The van der Waals surface area contributed by atoms with Crippen molar-refractivity contribution >= 4 is 29.6 Å². The van der Waals surface area contributed by atoms with Gasteiger partial charge < -0.3 is 0 Å². The highest BCUT2D eigenvalue weighted by Gasteiger charge is 2.37. The molecule has 226 valence electrons. The number of benzene rings is 1. The zero-order valence-corrected chi connectivity index (χ0v) is 28.2. The molecule has 1 aromatic carbocycles. The van der Waals surface area contributed by atoms with Gasteiger partial charge in [-0.25, -0.2) is 0 Å². The minimum atomic E-state index is -4.26.